The number of carbonyl (C=O) groups is 1. The van der Waals surface area contributed by atoms with Gasteiger partial charge in [0.25, 0.3) is 11.2 Å². The van der Waals surface area contributed by atoms with Gasteiger partial charge in [0.05, 0.1) is 16.4 Å². The lowest BCUT2D eigenvalue weighted by molar-refractivity contribution is -0.385. The van der Waals surface area contributed by atoms with Gasteiger partial charge >= 0.3 is 5.97 Å². The number of esters is 1. The molecule has 0 unspecified atom stereocenters. The number of rotatable bonds is 4. The summed E-state index contributed by atoms with van der Waals surface area (Å²) in [6.07, 6.45) is 0. The first-order valence-corrected chi connectivity index (χ1v) is 7.62. The van der Waals surface area contributed by atoms with E-state index in [-0.39, 0.29) is 23.9 Å². The number of hydrogen-bond acceptors (Lipinski definition) is 9. The molecular formula is C16H10N4O7. The van der Waals surface area contributed by atoms with Gasteiger partial charge in [-0.3, -0.25) is 14.9 Å². The van der Waals surface area contributed by atoms with Crippen molar-refractivity contribution in [2.75, 3.05) is 6.79 Å². The van der Waals surface area contributed by atoms with Gasteiger partial charge in [-0.05, 0) is 12.1 Å². The minimum absolute atomic E-state index is 0.104. The van der Waals surface area contributed by atoms with Crippen molar-refractivity contribution in [2.24, 2.45) is 0 Å². The van der Waals surface area contributed by atoms with Crippen LogP contribution in [0.5, 0.6) is 11.5 Å². The third-order valence-corrected chi connectivity index (χ3v) is 3.85. The van der Waals surface area contributed by atoms with Crippen LogP contribution in [0.3, 0.4) is 0 Å². The second kappa shape index (κ2) is 6.37. The van der Waals surface area contributed by atoms with Gasteiger partial charge in [-0.1, -0.05) is 17.3 Å². The van der Waals surface area contributed by atoms with Gasteiger partial charge in [0, 0.05) is 6.07 Å². The smallest absolute Gasteiger partial charge is 0.347 e. The summed E-state index contributed by atoms with van der Waals surface area (Å²) in [4.78, 5) is 35.2. The number of nitro benzene ring substituents is 1. The largest absolute Gasteiger partial charge is 0.454 e. The average molecular weight is 370 g/mol. The van der Waals surface area contributed by atoms with Crippen molar-refractivity contribution in [3.63, 3.8) is 0 Å². The maximum Gasteiger partial charge on any atom is 0.347 e. The standard InChI is InChI=1S/C16H10N4O7/c21-15-9-3-1-2-4-11(9)17-18-19(15)7-25-16(22)10-5-13-14(27-8-26-13)6-12(10)20(23)24/h1-6H,7-8H2. The van der Waals surface area contributed by atoms with Crippen LogP contribution in [0.2, 0.25) is 0 Å². The number of fused-ring (bicyclic) bond motifs is 2. The van der Waals surface area contributed by atoms with Crippen LogP contribution in [0, 0.1) is 10.1 Å². The van der Waals surface area contributed by atoms with E-state index in [0.717, 1.165) is 16.8 Å². The lowest BCUT2D eigenvalue weighted by Gasteiger charge is -2.07. The predicted molar refractivity (Wildman–Crippen MR) is 88.4 cm³/mol. The Morgan fingerprint density at radius 3 is 2.78 bits per heavy atom. The molecule has 0 aliphatic carbocycles. The third-order valence-electron chi connectivity index (χ3n) is 3.85. The Bertz CT molecular complexity index is 1140. The minimum Gasteiger partial charge on any atom is -0.454 e. The minimum atomic E-state index is -1.01. The van der Waals surface area contributed by atoms with Gasteiger partial charge in [-0.15, -0.1) is 5.10 Å². The highest BCUT2D eigenvalue weighted by molar-refractivity contribution is 5.95. The molecule has 0 radical (unpaired) electrons. The Labute approximate surface area is 149 Å². The van der Waals surface area contributed by atoms with Crippen molar-refractivity contribution in [2.45, 2.75) is 6.73 Å². The molecule has 4 rings (SSSR count). The highest BCUT2D eigenvalue weighted by Gasteiger charge is 2.28. The van der Waals surface area contributed by atoms with Crippen LogP contribution in [0.1, 0.15) is 10.4 Å². The number of nitrogens with zero attached hydrogens (tertiary/aromatic N) is 4. The second-order valence-corrected chi connectivity index (χ2v) is 5.45. The summed E-state index contributed by atoms with van der Waals surface area (Å²) in [6.45, 7) is -0.659. The first-order valence-electron chi connectivity index (χ1n) is 7.62. The van der Waals surface area contributed by atoms with Gasteiger partial charge in [0.15, 0.2) is 18.2 Å². The molecule has 0 N–H and O–H groups in total. The van der Waals surface area contributed by atoms with Crippen molar-refractivity contribution in [3.8, 4) is 11.5 Å². The molecule has 1 aliphatic rings. The number of ether oxygens (including phenoxy) is 3. The van der Waals surface area contributed by atoms with Gasteiger partial charge in [-0.2, -0.15) is 4.68 Å². The van der Waals surface area contributed by atoms with Crippen molar-refractivity contribution in [3.05, 3.63) is 62.4 Å². The van der Waals surface area contributed by atoms with Gasteiger partial charge in [0.2, 0.25) is 6.79 Å². The van der Waals surface area contributed by atoms with E-state index < -0.39 is 28.9 Å². The van der Waals surface area contributed by atoms with E-state index in [4.69, 9.17) is 14.2 Å². The van der Waals surface area contributed by atoms with Crippen molar-refractivity contribution in [1.29, 1.82) is 0 Å². The molecule has 0 atom stereocenters. The highest BCUT2D eigenvalue weighted by atomic mass is 16.7. The normalized spacial score (nSPS) is 12.1. The van der Waals surface area contributed by atoms with Crippen molar-refractivity contribution in [1.82, 2.24) is 15.0 Å². The molecule has 0 amide bonds. The quantitative estimate of drug-likeness (QED) is 0.377. The highest BCUT2D eigenvalue weighted by Crippen LogP contribution is 2.38. The van der Waals surface area contributed by atoms with Crippen LogP contribution in [0.25, 0.3) is 10.9 Å². The molecule has 1 aromatic heterocycles. The van der Waals surface area contributed by atoms with E-state index in [9.17, 15) is 19.7 Å². The number of hydrogen-bond donors (Lipinski definition) is 0. The Morgan fingerprint density at radius 1 is 1.26 bits per heavy atom. The topological polar surface area (TPSA) is 136 Å². The molecule has 2 aromatic carbocycles. The molecule has 0 saturated carbocycles. The maximum absolute atomic E-state index is 12.3. The molecular weight excluding hydrogens is 360 g/mol. The fourth-order valence-electron chi connectivity index (χ4n) is 2.55. The molecule has 136 valence electrons. The summed E-state index contributed by atoms with van der Waals surface area (Å²) in [7, 11) is 0. The first-order chi connectivity index (χ1) is 13.0. The third kappa shape index (κ3) is 2.90. The molecule has 3 aromatic rings. The summed E-state index contributed by atoms with van der Waals surface area (Å²) in [5.74, 6) is -0.660. The monoisotopic (exact) mass is 370 g/mol. The van der Waals surface area contributed by atoms with Crippen LogP contribution in [0.4, 0.5) is 5.69 Å². The van der Waals surface area contributed by atoms with Crippen molar-refractivity contribution < 1.29 is 23.9 Å². The molecule has 0 bridgehead atoms. The molecule has 0 fully saturated rings. The fraction of sp³-hybridized carbons (Fsp3) is 0.125. The zero-order valence-corrected chi connectivity index (χ0v) is 13.5. The predicted octanol–water partition coefficient (Wildman–Crippen LogP) is 1.24. The van der Waals surface area contributed by atoms with E-state index >= 15 is 0 Å². The van der Waals surface area contributed by atoms with E-state index in [2.05, 4.69) is 10.3 Å². The summed E-state index contributed by atoms with van der Waals surface area (Å²) in [5, 5.41) is 19.1. The zero-order chi connectivity index (χ0) is 19.0. The lowest BCUT2D eigenvalue weighted by Crippen LogP contribution is -2.26. The molecule has 2 heterocycles. The van der Waals surface area contributed by atoms with Crippen LogP contribution in [-0.2, 0) is 11.5 Å². The van der Waals surface area contributed by atoms with Crippen LogP contribution < -0.4 is 15.0 Å². The summed E-state index contributed by atoms with van der Waals surface area (Å²) >= 11 is 0. The molecule has 1 aliphatic heterocycles. The Balaban J connectivity index is 1.61. The van der Waals surface area contributed by atoms with E-state index in [1.807, 2.05) is 0 Å². The number of nitro groups is 1. The van der Waals surface area contributed by atoms with E-state index in [1.54, 1.807) is 24.3 Å². The Morgan fingerprint density at radius 2 is 2.00 bits per heavy atom. The fourth-order valence-corrected chi connectivity index (χ4v) is 2.55. The van der Waals surface area contributed by atoms with Crippen LogP contribution in [0.15, 0.2) is 41.2 Å². The second-order valence-electron chi connectivity index (χ2n) is 5.45. The number of benzene rings is 2. The van der Waals surface area contributed by atoms with Crippen LogP contribution in [-0.4, -0.2) is 32.7 Å². The summed E-state index contributed by atoms with van der Waals surface area (Å²) in [6, 6.07) is 8.80. The number of carbonyl (C=O) groups excluding carboxylic acids is 1. The summed E-state index contributed by atoms with van der Waals surface area (Å²) < 4.78 is 16.1. The molecule has 11 heteroatoms. The number of aromatic nitrogens is 3. The van der Waals surface area contributed by atoms with E-state index in [1.165, 1.54) is 0 Å². The first kappa shape index (κ1) is 16.4. The van der Waals surface area contributed by atoms with Gasteiger partial charge in [0.1, 0.15) is 11.1 Å². The van der Waals surface area contributed by atoms with Crippen LogP contribution >= 0.6 is 0 Å². The molecule has 0 saturated heterocycles. The molecule has 0 spiro atoms. The zero-order valence-electron chi connectivity index (χ0n) is 13.5. The maximum atomic E-state index is 12.3. The SMILES string of the molecule is O=C(OCn1nnc2ccccc2c1=O)c1cc2c(cc1[N+](=O)[O-])OCO2. The average Bonchev–Trinajstić information content (AvgIpc) is 3.14. The molecule has 11 nitrogen and oxygen atoms in total. The lowest BCUT2D eigenvalue weighted by atomic mass is 10.1. The van der Waals surface area contributed by atoms with Gasteiger partial charge in [-0.25, -0.2) is 4.79 Å². The van der Waals surface area contributed by atoms with Gasteiger partial charge < -0.3 is 14.2 Å². The Kier molecular flexibility index (Phi) is 3.88. The molecule has 27 heavy (non-hydrogen) atoms. The van der Waals surface area contributed by atoms with Crippen molar-refractivity contribution >= 4 is 22.6 Å². The summed E-state index contributed by atoms with van der Waals surface area (Å²) in [5.41, 5.74) is -0.933. The van der Waals surface area contributed by atoms with E-state index in [0.29, 0.717) is 10.9 Å². The Hall–Kier alpha value is -4.02.